The summed E-state index contributed by atoms with van der Waals surface area (Å²) in [4.78, 5) is 11.6. The van der Waals surface area contributed by atoms with Crippen LogP contribution in [0.2, 0.25) is 0 Å². The lowest BCUT2D eigenvalue weighted by Gasteiger charge is -2.05. The first-order valence-electron chi connectivity index (χ1n) is 6.41. The lowest BCUT2D eigenvalue weighted by molar-refractivity contribution is -0.123. The molecule has 108 valence electrons. The number of ether oxygens (including phenoxy) is 1. The molecule has 0 aliphatic rings. The van der Waals surface area contributed by atoms with Crippen LogP contribution >= 0.6 is 15.9 Å². The molecule has 1 N–H and O–H groups in total. The lowest BCUT2D eigenvalue weighted by atomic mass is 10.1. The van der Waals surface area contributed by atoms with Crippen molar-refractivity contribution in [2.75, 3.05) is 6.61 Å². The molecule has 2 aromatic carbocycles. The number of hydrazone groups is 1. The van der Waals surface area contributed by atoms with Gasteiger partial charge in [-0.1, -0.05) is 46.3 Å². The molecule has 4 nitrogen and oxygen atoms in total. The van der Waals surface area contributed by atoms with Gasteiger partial charge in [0, 0.05) is 4.47 Å². The Bertz CT molecular complexity index is 656. The SMILES string of the molecule is Cc1ccccc1/C=N\NC(=O)COc1cccc(Br)c1. The summed E-state index contributed by atoms with van der Waals surface area (Å²) in [6.45, 7) is 1.90. The van der Waals surface area contributed by atoms with Gasteiger partial charge in [0.15, 0.2) is 6.61 Å². The van der Waals surface area contributed by atoms with Crippen LogP contribution in [0.4, 0.5) is 0 Å². The zero-order valence-corrected chi connectivity index (χ0v) is 13.1. The van der Waals surface area contributed by atoms with Crippen molar-refractivity contribution >= 4 is 28.1 Å². The van der Waals surface area contributed by atoms with Crippen LogP contribution in [0, 0.1) is 6.92 Å². The maximum absolute atomic E-state index is 11.6. The number of nitrogens with zero attached hydrogens (tertiary/aromatic N) is 1. The van der Waals surface area contributed by atoms with Gasteiger partial charge in [0.1, 0.15) is 5.75 Å². The molecular formula is C16H15BrN2O2. The Morgan fingerprint density at radius 2 is 2.10 bits per heavy atom. The van der Waals surface area contributed by atoms with Crippen LogP contribution in [0.3, 0.4) is 0 Å². The molecule has 0 aliphatic heterocycles. The Morgan fingerprint density at radius 3 is 2.86 bits per heavy atom. The van der Waals surface area contributed by atoms with E-state index in [4.69, 9.17) is 4.74 Å². The van der Waals surface area contributed by atoms with Gasteiger partial charge >= 0.3 is 0 Å². The second kappa shape index (κ2) is 7.59. The summed E-state index contributed by atoms with van der Waals surface area (Å²) >= 11 is 3.34. The first kappa shape index (κ1) is 15.3. The molecule has 2 rings (SSSR count). The van der Waals surface area contributed by atoms with Gasteiger partial charge < -0.3 is 4.74 Å². The third-order valence-electron chi connectivity index (χ3n) is 2.75. The van der Waals surface area contributed by atoms with Gasteiger partial charge in [-0.2, -0.15) is 5.10 Å². The van der Waals surface area contributed by atoms with Crippen molar-refractivity contribution in [3.63, 3.8) is 0 Å². The van der Waals surface area contributed by atoms with Gasteiger partial charge in [-0.25, -0.2) is 5.43 Å². The fraction of sp³-hybridized carbons (Fsp3) is 0.125. The van der Waals surface area contributed by atoms with Crippen LogP contribution in [-0.2, 0) is 4.79 Å². The zero-order valence-electron chi connectivity index (χ0n) is 11.5. The number of carbonyl (C=O) groups excluding carboxylic acids is 1. The molecule has 0 saturated carbocycles. The molecule has 21 heavy (non-hydrogen) atoms. The normalized spacial score (nSPS) is 10.6. The molecule has 0 aromatic heterocycles. The van der Waals surface area contributed by atoms with Crippen LogP contribution in [0.25, 0.3) is 0 Å². The number of carbonyl (C=O) groups is 1. The molecular weight excluding hydrogens is 332 g/mol. The van der Waals surface area contributed by atoms with Crippen LogP contribution in [0.5, 0.6) is 5.75 Å². The predicted molar refractivity (Wildman–Crippen MR) is 86.6 cm³/mol. The Balaban J connectivity index is 1.81. The van der Waals surface area contributed by atoms with Gasteiger partial charge in [0.05, 0.1) is 6.21 Å². The summed E-state index contributed by atoms with van der Waals surface area (Å²) in [6, 6.07) is 15.1. The molecule has 1 amide bonds. The maximum Gasteiger partial charge on any atom is 0.277 e. The molecule has 0 saturated heterocycles. The summed E-state index contributed by atoms with van der Waals surface area (Å²) < 4.78 is 6.26. The van der Waals surface area contributed by atoms with Crippen molar-refractivity contribution in [1.29, 1.82) is 0 Å². The molecule has 5 heteroatoms. The molecule has 0 bridgehead atoms. The monoisotopic (exact) mass is 346 g/mol. The van der Waals surface area contributed by atoms with Crippen molar-refractivity contribution in [2.45, 2.75) is 6.92 Å². The van der Waals surface area contributed by atoms with Crippen LogP contribution in [-0.4, -0.2) is 18.7 Å². The van der Waals surface area contributed by atoms with E-state index < -0.39 is 0 Å². The molecule has 0 aliphatic carbocycles. The molecule has 0 unspecified atom stereocenters. The average Bonchev–Trinajstić information content (AvgIpc) is 2.47. The smallest absolute Gasteiger partial charge is 0.277 e. The van der Waals surface area contributed by atoms with Gasteiger partial charge in [0.2, 0.25) is 0 Å². The second-order valence-electron chi connectivity index (χ2n) is 4.40. The van der Waals surface area contributed by atoms with E-state index in [1.54, 1.807) is 18.3 Å². The Labute approximate surface area is 132 Å². The number of rotatable bonds is 5. The standard InChI is InChI=1S/C16H15BrN2O2/c1-12-5-2-3-6-13(12)10-18-19-16(20)11-21-15-8-4-7-14(17)9-15/h2-10H,11H2,1H3,(H,19,20)/b18-10-. The zero-order chi connectivity index (χ0) is 15.1. The molecule has 0 atom stereocenters. The fourth-order valence-electron chi connectivity index (χ4n) is 1.64. The summed E-state index contributed by atoms with van der Waals surface area (Å²) in [6.07, 6.45) is 1.62. The van der Waals surface area contributed by atoms with E-state index in [9.17, 15) is 4.79 Å². The van der Waals surface area contributed by atoms with Crippen LogP contribution in [0.1, 0.15) is 11.1 Å². The first-order valence-corrected chi connectivity index (χ1v) is 7.20. The Morgan fingerprint density at radius 1 is 1.29 bits per heavy atom. The fourth-order valence-corrected chi connectivity index (χ4v) is 2.02. The van der Waals surface area contributed by atoms with Crippen LogP contribution in [0.15, 0.2) is 58.1 Å². The largest absolute Gasteiger partial charge is 0.484 e. The predicted octanol–water partition coefficient (Wildman–Crippen LogP) is 3.29. The quantitative estimate of drug-likeness (QED) is 0.667. The Kier molecular flexibility index (Phi) is 5.51. The number of halogens is 1. The lowest BCUT2D eigenvalue weighted by Crippen LogP contribution is -2.24. The number of hydrogen-bond donors (Lipinski definition) is 1. The number of hydrogen-bond acceptors (Lipinski definition) is 3. The van der Waals surface area contributed by atoms with E-state index in [-0.39, 0.29) is 12.5 Å². The maximum atomic E-state index is 11.6. The summed E-state index contributed by atoms with van der Waals surface area (Å²) in [5.41, 5.74) is 4.50. The number of nitrogens with one attached hydrogen (secondary N) is 1. The Hall–Kier alpha value is -2.14. The molecule has 0 fully saturated rings. The van der Waals surface area contributed by atoms with E-state index in [0.717, 1.165) is 15.6 Å². The molecule has 2 aromatic rings. The highest BCUT2D eigenvalue weighted by Crippen LogP contribution is 2.17. The van der Waals surface area contributed by atoms with Gasteiger partial charge in [-0.05, 0) is 36.2 Å². The topological polar surface area (TPSA) is 50.7 Å². The van der Waals surface area contributed by atoms with E-state index >= 15 is 0 Å². The van der Waals surface area contributed by atoms with E-state index in [0.29, 0.717) is 5.75 Å². The second-order valence-corrected chi connectivity index (χ2v) is 5.31. The summed E-state index contributed by atoms with van der Waals surface area (Å²) in [7, 11) is 0. The van der Waals surface area contributed by atoms with Gasteiger partial charge in [-0.3, -0.25) is 4.79 Å². The highest BCUT2D eigenvalue weighted by atomic mass is 79.9. The van der Waals surface area contributed by atoms with Crippen molar-refractivity contribution < 1.29 is 9.53 Å². The molecule has 0 radical (unpaired) electrons. The van der Waals surface area contributed by atoms with Gasteiger partial charge in [0.25, 0.3) is 5.91 Å². The number of benzene rings is 2. The van der Waals surface area contributed by atoms with Crippen molar-refractivity contribution in [3.8, 4) is 5.75 Å². The van der Waals surface area contributed by atoms with Gasteiger partial charge in [-0.15, -0.1) is 0 Å². The van der Waals surface area contributed by atoms with E-state index in [2.05, 4.69) is 26.5 Å². The van der Waals surface area contributed by atoms with Crippen LogP contribution < -0.4 is 10.2 Å². The third-order valence-corrected chi connectivity index (χ3v) is 3.24. The highest BCUT2D eigenvalue weighted by molar-refractivity contribution is 9.10. The molecule has 0 spiro atoms. The minimum absolute atomic E-state index is 0.0818. The minimum atomic E-state index is -0.306. The van der Waals surface area contributed by atoms with Crippen molar-refractivity contribution in [2.24, 2.45) is 5.10 Å². The minimum Gasteiger partial charge on any atom is -0.484 e. The van der Waals surface area contributed by atoms with E-state index in [1.165, 1.54) is 0 Å². The summed E-state index contributed by atoms with van der Waals surface area (Å²) in [5.74, 6) is 0.321. The van der Waals surface area contributed by atoms with Crippen molar-refractivity contribution in [1.82, 2.24) is 5.43 Å². The summed E-state index contributed by atoms with van der Waals surface area (Å²) in [5, 5.41) is 3.92. The average molecular weight is 347 g/mol. The van der Waals surface area contributed by atoms with Crippen molar-refractivity contribution in [3.05, 3.63) is 64.1 Å². The number of amides is 1. The molecule has 0 heterocycles. The third kappa shape index (κ3) is 5.04. The first-order chi connectivity index (χ1) is 10.1. The number of aryl methyl sites for hydroxylation is 1. The highest BCUT2D eigenvalue weighted by Gasteiger charge is 2.01. The van der Waals surface area contributed by atoms with E-state index in [1.807, 2.05) is 43.3 Å².